The second-order valence-corrected chi connectivity index (χ2v) is 7.27. The van der Waals surface area contributed by atoms with Gasteiger partial charge in [0.05, 0.1) is 17.2 Å². The first-order chi connectivity index (χ1) is 12.0. The third-order valence-corrected chi connectivity index (χ3v) is 5.42. The van der Waals surface area contributed by atoms with Gasteiger partial charge in [0.25, 0.3) is 0 Å². The molecule has 0 unspecified atom stereocenters. The predicted octanol–water partition coefficient (Wildman–Crippen LogP) is 4.76. The summed E-state index contributed by atoms with van der Waals surface area (Å²) in [5.74, 6) is -0.328. The van der Waals surface area contributed by atoms with Gasteiger partial charge in [0, 0.05) is 22.1 Å². The van der Waals surface area contributed by atoms with Crippen LogP contribution in [0.15, 0.2) is 47.4 Å². The van der Waals surface area contributed by atoms with E-state index in [1.807, 2.05) is 18.2 Å². The van der Waals surface area contributed by atoms with E-state index in [1.165, 1.54) is 0 Å². The average Bonchev–Trinajstić information content (AvgIpc) is 3.01. The Morgan fingerprint density at radius 3 is 2.64 bits per heavy atom. The molecule has 1 aliphatic heterocycles. The molecule has 2 aromatic rings. The monoisotopic (exact) mass is 396 g/mol. The third kappa shape index (κ3) is 4.69. The lowest BCUT2D eigenvalue weighted by molar-refractivity contribution is -0.145. The summed E-state index contributed by atoms with van der Waals surface area (Å²) in [5, 5.41) is 1.29. The van der Waals surface area contributed by atoms with Crippen LogP contribution in [0, 0.1) is 0 Å². The zero-order valence-electron chi connectivity index (χ0n) is 13.0. The number of cyclic esters (lactones) is 1. The number of hydrogen-bond donors (Lipinski definition) is 0. The molecule has 1 saturated heterocycles. The van der Waals surface area contributed by atoms with Crippen LogP contribution >= 0.6 is 35.0 Å². The lowest BCUT2D eigenvalue weighted by Crippen LogP contribution is -2.22. The summed E-state index contributed by atoms with van der Waals surface area (Å²) in [7, 11) is 0. The Hall–Kier alpha value is -1.69. The van der Waals surface area contributed by atoms with Crippen LogP contribution < -0.4 is 0 Å². The van der Waals surface area contributed by atoms with Gasteiger partial charge in [-0.1, -0.05) is 35.3 Å². The molecule has 0 spiro atoms. The zero-order chi connectivity index (χ0) is 17.8. The van der Waals surface area contributed by atoms with Crippen molar-refractivity contribution in [3.8, 4) is 0 Å². The first-order valence-electron chi connectivity index (χ1n) is 7.57. The SMILES string of the molecule is O=C(O[C@H]1CCOC1=O)c1ccc(CSc2cc(Cl)ccc2Cl)cc1. The van der Waals surface area contributed by atoms with Crippen molar-refractivity contribution in [3.05, 3.63) is 63.6 Å². The summed E-state index contributed by atoms with van der Waals surface area (Å²) in [6.07, 6.45) is -0.396. The number of rotatable bonds is 5. The van der Waals surface area contributed by atoms with Crippen LogP contribution in [0.4, 0.5) is 0 Å². The van der Waals surface area contributed by atoms with Crippen molar-refractivity contribution < 1.29 is 19.1 Å². The minimum absolute atomic E-state index is 0.291. The first-order valence-corrected chi connectivity index (χ1v) is 9.31. The van der Waals surface area contributed by atoms with Crippen molar-refractivity contribution >= 4 is 46.9 Å². The number of carbonyl (C=O) groups excluding carboxylic acids is 2. The summed E-state index contributed by atoms with van der Waals surface area (Å²) in [4.78, 5) is 24.3. The Labute approximate surface area is 159 Å². The van der Waals surface area contributed by atoms with E-state index in [4.69, 9.17) is 32.7 Å². The fraction of sp³-hybridized carbons (Fsp3) is 0.222. The highest BCUT2D eigenvalue weighted by molar-refractivity contribution is 7.98. The summed E-state index contributed by atoms with van der Waals surface area (Å²) in [6.45, 7) is 0.291. The number of benzene rings is 2. The highest BCUT2D eigenvalue weighted by Crippen LogP contribution is 2.32. The summed E-state index contributed by atoms with van der Waals surface area (Å²) in [5.41, 5.74) is 1.42. The molecule has 3 rings (SSSR count). The quantitative estimate of drug-likeness (QED) is 0.538. The number of carbonyl (C=O) groups is 2. The van der Waals surface area contributed by atoms with Crippen LogP contribution in [0.25, 0.3) is 0 Å². The lowest BCUT2D eigenvalue weighted by Gasteiger charge is -2.09. The van der Waals surface area contributed by atoms with Crippen LogP contribution in [-0.4, -0.2) is 24.6 Å². The highest BCUT2D eigenvalue weighted by Gasteiger charge is 2.30. The van der Waals surface area contributed by atoms with Crippen molar-refractivity contribution in [1.82, 2.24) is 0 Å². The molecule has 4 nitrogen and oxygen atoms in total. The maximum atomic E-state index is 12.1. The molecule has 1 fully saturated rings. The molecular formula is C18H14Cl2O4S. The van der Waals surface area contributed by atoms with Gasteiger partial charge < -0.3 is 9.47 Å². The second-order valence-electron chi connectivity index (χ2n) is 5.41. The van der Waals surface area contributed by atoms with Gasteiger partial charge in [-0.15, -0.1) is 11.8 Å². The predicted molar refractivity (Wildman–Crippen MR) is 97.2 cm³/mol. The summed E-state index contributed by atoms with van der Waals surface area (Å²) in [6, 6.07) is 12.4. The smallest absolute Gasteiger partial charge is 0.347 e. The largest absolute Gasteiger partial charge is 0.463 e. The molecule has 1 aliphatic rings. The van der Waals surface area contributed by atoms with E-state index in [0.29, 0.717) is 34.4 Å². The summed E-state index contributed by atoms with van der Waals surface area (Å²) >= 11 is 13.7. The molecule has 0 amide bonds. The molecule has 0 aliphatic carbocycles. The fourth-order valence-corrected chi connectivity index (χ4v) is 3.72. The number of ether oxygens (including phenoxy) is 2. The van der Waals surface area contributed by atoms with E-state index in [-0.39, 0.29) is 0 Å². The second kappa shape index (κ2) is 8.13. The molecule has 1 heterocycles. The molecule has 2 aromatic carbocycles. The Bertz CT molecular complexity index is 792. The molecule has 0 N–H and O–H groups in total. The minimum Gasteiger partial charge on any atom is -0.463 e. The van der Waals surface area contributed by atoms with Crippen molar-refractivity contribution in [2.75, 3.05) is 6.61 Å². The van der Waals surface area contributed by atoms with Crippen molar-refractivity contribution in [1.29, 1.82) is 0 Å². The van der Waals surface area contributed by atoms with Gasteiger partial charge in [-0.25, -0.2) is 9.59 Å². The van der Waals surface area contributed by atoms with Crippen LogP contribution in [0.3, 0.4) is 0 Å². The van der Waals surface area contributed by atoms with Gasteiger partial charge in [-0.3, -0.25) is 0 Å². The van der Waals surface area contributed by atoms with Gasteiger partial charge in [0.1, 0.15) is 0 Å². The molecule has 130 valence electrons. The van der Waals surface area contributed by atoms with Gasteiger partial charge in [-0.2, -0.15) is 0 Å². The Morgan fingerprint density at radius 2 is 1.96 bits per heavy atom. The van der Waals surface area contributed by atoms with E-state index in [0.717, 1.165) is 10.5 Å². The van der Waals surface area contributed by atoms with E-state index >= 15 is 0 Å². The van der Waals surface area contributed by atoms with Crippen molar-refractivity contribution in [2.24, 2.45) is 0 Å². The molecule has 7 heteroatoms. The Kier molecular flexibility index (Phi) is 5.89. The minimum atomic E-state index is -0.798. The van der Waals surface area contributed by atoms with E-state index in [2.05, 4.69) is 0 Å². The maximum Gasteiger partial charge on any atom is 0.347 e. The Morgan fingerprint density at radius 1 is 1.20 bits per heavy atom. The summed E-state index contributed by atoms with van der Waals surface area (Å²) < 4.78 is 9.93. The van der Waals surface area contributed by atoms with Crippen LogP contribution in [0.5, 0.6) is 0 Å². The van der Waals surface area contributed by atoms with E-state index in [1.54, 1.807) is 36.0 Å². The molecule has 25 heavy (non-hydrogen) atoms. The zero-order valence-corrected chi connectivity index (χ0v) is 15.4. The van der Waals surface area contributed by atoms with Crippen LogP contribution in [-0.2, 0) is 20.0 Å². The standard InChI is InChI=1S/C18H14Cl2O4S/c19-13-5-6-14(20)16(9-13)25-10-11-1-3-12(4-2-11)17(21)24-15-7-8-23-18(15)22/h1-6,9,15H,7-8,10H2/t15-/m0/s1. The van der Waals surface area contributed by atoms with Gasteiger partial charge in [-0.05, 0) is 35.9 Å². The molecule has 0 bridgehead atoms. The van der Waals surface area contributed by atoms with E-state index < -0.39 is 18.0 Å². The first kappa shape index (κ1) is 18.1. The van der Waals surface area contributed by atoms with Gasteiger partial charge in [0.2, 0.25) is 6.10 Å². The topological polar surface area (TPSA) is 52.6 Å². The van der Waals surface area contributed by atoms with Crippen molar-refractivity contribution in [3.63, 3.8) is 0 Å². The number of thioether (sulfide) groups is 1. The van der Waals surface area contributed by atoms with Crippen LogP contribution in [0.2, 0.25) is 10.0 Å². The van der Waals surface area contributed by atoms with Crippen molar-refractivity contribution in [2.45, 2.75) is 23.2 Å². The average molecular weight is 397 g/mol. The fourth-order valence-electron chi connectivity index (χ4n) is 2.27. The lowest BCUT2D eigenvalue weighted by atomic mass is 10.1. The molecule has 0 radical (unpaired) electrons. The van der Waals surface area contributed by atoms with E-state index in [9.17, 15) is 9.59 Å². The molecule has 1 atom stereocenters. The van der Waals surface area contributed by atoms with Crippen LogP contribution in [0.1, 0.15) is 22.3 Å². The normalized spacial score (nSPS) is 16.6. The highest BCUT2D eigenvalue weighted by atomic mass is 35.5. The molecule has 0 aromatic heterocycles. The maximum absolute atomic E-state index is 12.1. The number of hydrogen-bond acceptors (Lipinski definition) is 5. The van der Waals surface area contributed by atoms with Gasteiger partial charge in [0.15, 0.2) is 0 Å². The number of esters is 2. The molecular weight excluding hydrogens is 383 g/mol. The molecule has 0 saturated carbocycles. The Balaban J connectivity index is 1.59. The van der Waals surface area contributed by atoms with Gasteiger partial charge >= 0.3 is 11.9 Å². The number of halogens is 2. The third-order valence-electron chi connectivity index (χ3n) is 3.61.